The zero-order valence-electron chi connectivity index (χ0n) is 13.1. The summed E-state index contributed by atoms with van der Waals surface area (Å²) >= 11 is 0. The molecule has 0 radical (unpaired) electrons. The summed E-state index contributed by atoms with van der Waals surface area (Å²) in [7, 11) is 2.01. The number of piperidine rings is 1. The Balaban J connectivity index is 2.23. The maximum Gasteiger partial charge on any atom is 0.234 e. The number of hydrogen-bond donors (Lipinski definition) is 2. The van der Waals surface area contributed by atoms with Crippen LogP contribution in [0.1, 0.15) is 46.5 Å². The molecule has 0 aliphatic carbocycles. The summed E-state index contributed by atoms with van der Waals surface area (Å²) < 4.78 is 0. The third-order valence-corrected chi connectivity index (χ3v) is 4.24. The van der Waals surface area contributed by atoms with Gasteiger partial charge in [0, 0.05) is 5.54 Å². The summed E-state index contributed by atoms with van der Waals surface area (Å²) in [5.41, 5.74) is -0.0812. The number of carbonyl (C=O) groups excluding carboxylic acids is 1. The minimum absolute atomic E-state index is 0.0812. The van der Waals surface area contributed by atoms with Crippen molar-refractivity contribution in [1.29, 1.82) is 0 Å². The molecule has 2 N–H and O–H groups in total. The van der Waals surface area contributed by atoms with Gasteiger partial charge in [0.25, 0.3) is 0 Å². The van der Waals surface area contributed by atoms with Crippen LogP contribution in [0.15, 0.2) is 0 Å². The van der Waals surface area contributed by atoms with Crippen LogP contribution in [-0.4, -0.2) is 49.6 Å². The fraction of sp³-hybridized carbons (Fsp3) is 0.933. The molecule has 1 heterocycles. The van der Waals surface area contributed by atoms with Crippen LogP contribution in [-0.2, 0) is 4.79 Å². The van der Waals surface area contributed by atoms with Crippen LogP contribution < -0.4 is 10.6 Å². The molecule has 0 aromatic rings. The van der Waals surface area contributed by atoms with Gasteiger partial charge in [-0.05, 0) is 72.1 Å². The second-order valence-electron chi connectivity index (χ2n) is 6.40. The zero-order valence-corrected chi connectivity index (χ0v) is 13.1. The Morgan fingerprint density at radius 1 is 1.32 bits per heavy atom. The Morgan fingerprint density at radius 2 is 1.95 bits per heavy atom. The number of amides is 1. The first-order valence-electron chi connectivity index (χ1n) is 7.65. The van der Waals surface area contributed by atoms with Crippen LogP contribution in [0.3, 0.4) is 0 Å². The molecule has 4 heteroatoms. The normalized spacial score (nSPS) is 18.5. The highest BCUT2D eigenvalue weighted by molar-refractivity contribution is 5.78. The van der Waals surface area contributed by atoms with E-state index in [0.29, 0.717) is 6.54 Å². The molecule has 0 spiro atoms. The van der Waals surface area contributed by atoms with Crippen molar-refractivity contribution in [3.63, 3.8) is 0 Å². The van der Waals surface area contributed by atoms with Gasteiger partial charge >= 0.3 is 0 Å². The average Bonchev–Trinajstić information content (AvgIpc) is 2.37. The summed E-state index contributed by atoms with van der Waals surface area (Å²) in [4.78, 5) is 14.3. The molecule has 0 unspecified atom stereocenters. The Hall–Kier alpha value is -0.610. The van der Waals surface area contributed by atoms with Gasteiger partial charge in [-0.15, -0.1) is 0 Å². The molecule has 1 fully saturated rings. The van der Waals surface area contributed by atoms with Gasteiger partial charge in [-0.25, -0.2) is 0 Å². The number of nitrogens with zero attached hydrogens (tertiary/aromatic N) is 1. The third kappa shape index (κ3) is 6.39. The van der Waals surface area contributed by atoms with E-state index in [4.69, 9.17) is 0 Å². The SMILES string of the molecule is CCC(C)(C)NC(=O)CN1CCC(CCNC)CC1. The fourth-order valence-electron chi connectivity index (χ4n) is 2.49. The van der Waals surface area contributed by atoms with Gasteiger partial charge in [-0.3, -0.25) is 9.69 Å². The number of carbonyl (C=O) groups is 1. The van der Waals surface area contributed by atoms with Crippen molar-refractivity contribution in [1.82, 2.24) is 15.5 Å². The Labute approximate surface area is 118 Å². The van der Waals surface area contributed by atoms with E-state index in [-0.39, 0.29) is 11.4 Å². The first kappa shape index (κ1) is 16.4. The first-order valence-corrected chi connectivity index (χ1v) is 7.65. The Bertz CT molecular complexity index is 271. The van der Waals surface area contributed by atoms with Gasteiger partial charge < -0.3 is 10.6 Å². The molecule has 4 nitrogen and oxygen atoms in total. The van der Waals surface area contributed by atoms with Crippen molar-refractivity contribution in [3.8, 4) is 0 Å². The first-order chi connectivity index (χ1) is 8.96. The molecule has 1 rings (SSSR count). The van der Waals surface area contributed by atoms with Crippen molar-refractivity contribution >= 4 is 5.91 Å². The van der Waals surface area contributed by atoms with Crippen LogP contribution in [0.4, 0.5) is 0 Å². The molecule has 1 aliphatic heterocycles. The lowest BCUT2D eigenvalue weighted by Gasteiger charge is -2.33. The molecule has 0 atom stereocenters. The van der Waals surface area contributed by atoms with Crippen LogP contribution in [0, 0.1) is 5.92 Å². The summed E-state index contributed by atoms with van der Waals surface area (Å²) in [6, 6.07) is 0. The maximum atomic E-state index is 12.0. The molecule has 1 saturated heterocycles. The predicted molar refractivity (Wildman–Crippen MR) is 80.2 cm³/mol. The average molecular weight is 269 g/mol. The summed E-state index contributed by atoms with van der Waals surface area (Å²) in [5, 5.41) is 6.32. The highest BCUT2D eigenvalue weighted by Crippen LogP contribution is 2.19. The maximum absolute atomic E-state index is 12.0. The second-order valence-corrected chi connectivity index (χ2v) is 6.40. The summed E-state index contributed by atoms with van der Waals surface area (Å²) in [5.74, 6) is 0.999. The van der Waals surface area contributed by atoms with Crippen LogP contribution in [0.25, 0.3) is 0 Å². The quantitative estimate of drug-likeness (QED) is 0.738. The van der Waals surface area contributed by atoms with Gasteiger partial charge in [0.15, 0.2) is 0 Å². The number of rotatable bonds is 7. The van der Waals surface area contributed by atoms with Crippen LogP contribution in [0.5, 0.6) is 0 Å². The molecule has 19 heavy (non-hydrogen) atoms. The molecule has 1 aliphatic rings. The van der Waals surface area contributed by atoms with E-state index in [9.17, 15) is 4.79 Å². The van der Waals surface area contributed by atoms with E-state index >= 15 is 0 Å². The van der Waals surface area contributed by atoms with E-state index in [1.807, 2.05) is 7.05 Å². The van der Waals surface area contributed by atoms with Crippen LogP contribution >= 0.6 is 0 Å². The molecule has 1 amide bonds. The topological polar surface area (TPSA) is 44.4 Å². The molecular formula is C15H31N3O. The van der Waals surface area contributed by atoms with E-state index in [1.165, 1.54) is 19.3 Å². The van der Waals surface area contributed by atoms with Crippen molar-refractivity contribution in [2.45, 2.75) is 52.0 Å². The second kappa shape index (κ2) is 7.85. The Kier molecular flexibility index (Phi) is 6.80. The molecule has 0 aromatic heterocycles. The highest BCUT2D eigenvalue weighted by atomic mass is 16.2. The van der Waals surface area contributed by atoms with Gasteiger partial charge in [0.2, 0.25) is 5.91 Å². The highest BCUT2D eigenvalue weighted by Gasteiger charge is 2.23. The fourth-order valence-corrected chi connectivity index (χ4v) is 2.49. The van der Waals surface area contributed by atoms with Gasteiger partial charge in [-0.1, -0.05) is 6.92 Å². The third-order valence-electron chi connectivity index (χ3n) is 4.24. The largest absolute Gasteiger partial charge is 0.350 e. The van der Waals surface area contributed by atoms with Gasteiger partial charge in [-0.2, -0.15) is 0 Å². The number of hydrogen-bond acceptors (Lipinski definition) is 3. The van der Waals surface area contributed by atoms with Crippen molar-refractivity contribution in [2.75, 3.05) is 33.2 Å². The lowest BCUT2D eigenvalue weighted by atomic mass is 9.93. The minimum Gasteiger partial charge on any atom is -0.350 e. The number of nitrogens with one attached hydrogen (secondary N) is 2. The van der Waals surface area contributed by atoms with Crippen molar-refractivity contribution in [2.24, 2.45) is 5.92 Å². The lowest BCUT2D eigenvalue weighted by molar-refractivity contribution is -0.124. The van der Waals surface area contributed by atoms with E-state index < -0.39 is 0 Å². The molecule has 0 bridgehead atoms. The molecular weight excluding hydrogens is 238 g/mol. The van der Waals surface area contributed by atoms with E-state index in [1.54, 1.807) is 0 Å². The van der Waals surface area contributed by atoms with Crippen molar-refractivity contribution < 1.29 is 4.79 Å². The lowest BCUT2D eigenvalue weighted by Crippen LogP contribution is -2.48. The van der Waals surface area contributed by atoms with E-state index in [0.717, 1.165) is 32.0 Å². The standard InChI is InChI=1S/C15H31N3O/c1-5-15(2,3)17-14(19)12-18-10-7-13(8-11-18)6-9-16-4/h13,16H,5-12H2,1-4H3,(H,17,19). The molecule has 0 saturated carbocycles. The van der Waals surface area contributed by atoms with Gasteiger partial charge in [0.1, 0.15) is 0 Å². The molecule has 112 valence electrons. The minimum atomic E-state index is -0.0812. The summed E-state index contributed by atoms with van der Waals surface area (Å²) in [6.45, 7) is 10.1. The molecule has 0 aromatic carbocycles. The smallest absolute Gasteiger partial charge is 0.234 e. The van der Waals surface area contributed by atoms with E-state index in [2.05, 4.69) is 36.3 Å². The monoisotopic (exact) mass is 269 g/mol. The Morgan fingerprint density at radius 3 is 2.47 bits per heavy atom. The summed E-state index contributed by atoms with van der Waals surface area (Å²) in [6.07, 6.45) is 4.68. The predicted octanol–water partition coefficient (Wildman–Crippen LogP) is 1.61. The number of likely N-dealkylation sites (tertiary alicyclic amines) is 1. The van der Waals surface area contributed by atoms with Crippen molar-refractivity contribution in [3.05, 3.63) is 0 Å². The van der Waals surface area contributed by atoms with Gasteiger partial charge in [0.05, 0.1) is 6.54 Å². The van der Waals surface area contributed by atoms with Crippen LogP contribution in [0.2, 0.25) is 0 Å². The zero-order chi connectivity index (χ0) is 14.3.